The van der Waals surface area contributed by atoms with E-state index in [1.807, 2.05) is 27.7 Å². The molecular formula is C15H21F2NO. The van der Waals surface area contributed by atoms with Gasteiger partial charge in [-0.2, -0.15) is 0 Å². The Morgan fingerprint density at radius 3 is 2.00 bits per heavy atom. The third kappa shape index (κ3) is 4.62. The first kappa shape index (κ1) is 15.6. The van der Waals surface area contributed by atoms with Crippen molar-refractivity contribution >= 4 is 5.91 Å². The molecule has 0 unspecified atom stereocenters. The van der Waals surface area contributed by atoms with Crippen LogP contribution in [0.3, 0.4) is 0 Å². The zero-order valence-corrected chi connectivity index (χ0v) is 11.9. The second kappa shape index (κ2) is 6.64. The van der Waals surface area contributed by atoms with Gasteiger partial charge in [0.1, 0.15) is 0 Å². The average Bonchev–Trinajstić information content (AvgIpc) is 2.29. The Bertz CT molecular complexity index is 434. The molecule has 0 aliphatic rings. The summed E-state index contributed by atoms with van der Waals surface area (Å²) in [4.78, 5) is 14.0. The molecule has 1 aromatic rings. The summed E-state index contributed by atoms with van der Waals surface area (Å²) < 4.78 is 26.1. The molecular weight excluding hydrogens is 248 g/mol. The van der Waals surface area contributed by atoms with Gasteiger partial charge in [-0.05, 0) is 30.0 Å². The maximum atomic E-state index is 13.2. The zero-order valence-electron chi connectivity index (χ0n) is 11.9. The minimum absolute atomic E-state index is 0.195. The number of amides is 1. The fourth-order valence-electron chi connectivity index (χ4n) is 1.93. The highest BCUT2D eigenvalue weighted by molar-refractivity contribution is 5.94. The minimum atomic E-state index is -0.986. The van der Waals surface area contributed by atoms with E-state index in [1.165, 1.54) is 6.07 Å². The van der Waals surface area contributed by atoms with Gasteiger partial charge in [0.15, 0.2) is 11.6 Å². The Morgan fingerprint density at radius 1 is 1.05 bits per heavy atom. The van der Waals surface area contributed by atoms with Gasteiger partial charge in [0, 0.05) is 18.7 Å². The lowest BCUT2D eigenvalue weighted by Crippen LogP contribution is -2.37. The third-order valence-corrected chi connectivity index (χ3v) is 2.62. The predicted octanol–water partition coefficient (Wildman–Crippen LogP) is 3.72. The molecule has 0 aliphatic carbocycles. The Kier molecular flexibility index (Phi) is 5.45. The van der Waals surface area contributed by atoms with Crippen LogP contribution in [-0.4, -0.2) is 23.9 Å². The van der Waals surface area contributed by atoms with Crippen LogP contribution < -0.4 is 0 Å². The van der Waals surface area contributed by atoms with Gasteiger partial charge in [-0.25, -0.2) is 8.78 Å². The van der Waals surface area contributed by atoms with E-state index in [0.717, 1.165) is 12.1 Å². The summed E-state index contributed by atoms with van der Waals surface area (Å²) in [5.41, 5.74) is 0.195. The Labute approximate surface area is 113 Å². The first-order valence-electron chi connectivity index (χ1n) is 6.55. The van der Waals surface area contributed by atoms with E-state index in [4.69, 9.17) is 0 Å². The van der Waals surface area contributed by atoms with Crippen molar-refractivity contribution in [1.82, 2.24) is 4.90 Å². The molecule has 2 nitrogen and oxygen atoms in total. The number of nitrogens with zero attached hydrogens (tertiary/aromatic N) is 1. The van der Waals surface area contributed by atoms with Gasteiger partial charge in [0.05, 0.1) is 0 Å². The lowest BCUT2D eigenvalue weighted by molar-refractivity contribution is 0.0714. The molecule has 0 atom stereocenters. The first-order valence-corrected chi connectivity index (χ1v) is 6.55. The van der Waals surface area contributed by atoms with Crippen molar-refractivity contribution in [2.45, 2.75) is 27.7 Å². The summed E-state index contributed by atoms with van der Waals surface area (Å²) in [6.45, 7) is 9.29. The van der Waals surface area contributed by atoms with Gasteiger partial charge in [-0.15, -0.1) is 0 Å². The van der Waals surface area contributed by atoms with Crippen molar-refractivity contribution in [2.75, 3.05) is 13.1 Å². The zero-order chi connectivity index (χ0) is 14.6. The van der Waals surface area contributed by atoms with Crippen LogP contribution in [0.15, 0.2) is 18.2 Å². The molecule has 0 bridgehead atoms. The fraction of sp³-hybridized carbons (Fsp3) is 0.533. The van der Waals surface area contributed by atoms with E-state index < -0.39 is 11.6 Å². The van der Waals surface area contributed by atoms with E-state index in [0.29, 0.717) is 24.9 Å². The van der Waals surface area contributed by atoms with Crippen LogP contribution in [0.4, 0.5) is 8.78 Å². The summed E-state index contributed by atoms with van der Waals surface area (Å²) in [5.74, 6) is -1.52. The second-order valence-corrected chi connectivity index (χ2v) is 5.63. The lowest BCUT2D eigenvalue weighted by atomic mass is 10.1. The van der Waals surface area contributed by atoms with Crippen molar-refractivity contribution in [3.8, 4) is 0 Å². The molecule has 0 saturated carbocycles. The highest BCUT2D eigenvalue weighted by Crippen LogP contribution is 2.13. The molecule has 0 aromatic heterocycles. The SMILES string of the molecule is CC(C)CN(CC(C)C)C(=O)c1ccc(F)c(F)c1. The van der Waals surface area contributed by atoms with Crippen LogP contribution in [0.25, 0.3) is 0 Å². The van der Waals surface area contributed by atoms with Crippen molar-refractivity contribution in [3.05, 3.63) is 35.4 Å². The van der Waals surface area contributed by atoms with Crippen LogP contribution in [0, 0.1) is 23.5 Å². The summed E-state index contributed by atoms with van der Waals surface area (Å²) in [6, 6.07) is 3.28. The second-order valence-electron chi connectivity index (χ2n) is 5.63. The van der Waals surface area contributed by atoms with E-state index in [9.17, 15) is 13.6 Å². The molecule has 0 spiro atoms. The number of carbonyl (C=O) groups excluding carboxylic acids is 1. The number of rotatable bonds is 5. The summed E-state index contributed by atoms with van der Waals surface area (Å²) >= 11 is 0. The fourth-order valence-corrected chi connectivity index (χ4v) is 1.93. The number of halogens is 2. The highest BCUT2D eigenvalue weighted by atomic mass is 19.2. The molecule has 1 rings (SSSR count). The van der Waals surface area contributed by atoms with Crippen LogP contribution >= 0.6 is 0 Å². The van der Waals surface area contributed by atoms with Crippen molar-refractivity contribution < 1.29 is 13.6 Å². The number of hydrogen-bond acceptors (Lipinski definition) is 1. The summed E-state index contributed by atoms with van der Waals surface area (Å²) in [7, 11) is 0. The van der Waals surface area contributed by atoms with Crippen LogP contribution in [0.1, 0.15) is 38.1 Å². The smallest absolute Gasteiger partial charge is 0.253 e. The lowest BCUT2D eigenvalue weighted by Gasteiger charge is -2.26. The first-order chi connectivity index (χ1) is 8.81. The molecule has 1 amide bonds. The summed E-state index contributed by atoms with van der Waals surface area (Å²) in [5, 5.41) is 0. The quantitative estimate of drug-likeness (QED) is 0.797. The van der Waals surface area contributed by atoms with Crippen LogP contribution in [0.2, 0.25) is 0 Å². The van der Waals surface area contributed by atoms with Crippen molar-refractivity contribution in [2.24, 2.45) is 11.8 Å². The van der Waals surface area contributed by atoms with E-state index in [1.54, 1.807) is 4.90 Å². The van der Waals surface area contributed by atoms with Crippen LogP contribution in [0.5, 0.6) is 0 Å². The number of benzene rings is 1. The molecule has 1 aromatic carbocycles. The van der Waals surface area contributed by atoms with E-state index in [2.05, 4.69) is 0 Å². The average molecular weight is 269 g/mol. The molecule has 19 heavy (non-hydrogen) atoms. The molecule has 106 valence electrons. The topological polar surface area (TPSA) is 20.3 Å². The molecule has 4 heteroatoms. The third-order valence-electron chi connectivity index (χ3n) is 2.62. The Balaban J connectivity index is 2.94. The van der Waals surface area contributed by atoms with Crippen molar-refractivity contribution in [3.63, 3.8) is 0 Å². The molecule has 0 heterocycles. The van der Waals surface area contributed by atoms with Gasteiger partial charge in [-0.3, -0.25) is 4.79 Å². The predicted molar refractivity (Wildman–Crippen MR) is 71.9 cm³/mol. The van der Waals surface area contributed by atoms with Crippen LogP contribution in [-0.2, 0) is 0 Å². The Morgan fingerprint density at radius 2 is 1.58 bits per heavy atom. The van der Waals surface area contributed by atoms with Gasteiger partial charge < -0.3 is 4.90 Å². The standard InChI is InChI=1S/C15H21F2NO/c1-10(2)8-18(9-11(3)4)15(19)12-5-6-13(16)14(17)7-12/h5-7,10-11H,8-9H2,1-4H3. The van der Waals surface area contributed by atoms with E-state index >= 15 is 0 Å². The summed E-state index contributed by atoms with van der Waals surface area (Å²) in [6.07, 6.45) is 0. The van der Waals surface area contributed by atoms with Gasteiger partial charge in [0.25, 0.3) is 5.91 Å². The molecule has 0 N–H and O–H groups in total. The maximum absolute atomic E-state index is 13.2. The number of carbonyl (C=O) groups is 1. The largest absolute Gasteiger partial charge is 0.338 e. The molecule has 0 radical (unpaired) electrons. The van der Waals surface area contributed by atoms with Crippen molar-refractivity contribution in [1.29, 1.82) is 0 Å². The minimum Gasteiger partial charge on any atom is -0.338 e. The molecule has 0 fully saturated rings. The monoisotopic (exact) mass is 269 g/mol. The normalized spacial score (nSPS) is 11.2. The Hall–Kier alpha value is -1.45. The van der Waals surface area contributed by atoms with Gasteiger partial charge in [-0.1, -0.05) is 27.7 Å². The van der Waals surface area contributed by atoms with Gasteiger partial charge in [0.2, 0.25) is 0 Å². The highest BCUT2D eigenvalue weighted by Gasteiger charge is 2.19. The molecule has 0 aliphatic heterocycles. The number of hydrogen-bond donors (Lipinski definition) is 0. The van der Waals surface area contributed by atoms with Gasteiger partial charge >= 0.3 is 0 Å². The molecule has 0 saturated heterocycles. The maximum Gasteiger partial charge on any atom is 0.253 e. The van der Waals surface area contributed by atoms with E-state index in [-0.39, 0.29) is 11.5 Å².